The summed E-state index contributed by atoms with van der Waals surface area (Å²) in [5.74, 6) is 0.582. The topological polar surface area (TPSA) is 55.6 Å². The Morgan fingerprint density at radius 3 is 2.50 bits per heavy atom. The molecule has 0 spiro atoms. The molecule has 82 valence electrons. The van der Waals surface area contributed by atoms with Crippen molar-refractivity contribution < 1.29 is 9.53 Å². The zero-order chi connectivity index (χ0) is 10.6. The van der Waals surface area contributed by atoms with Crippen LogP contribution in [0.5, 0.6) is 0 Å². The molecule has 0 aromatic carbocycles. The number of hydrogen-bond acceptors (Lipinski definition) is 3. The molecule has 14 heavy (non-hydrogen) atoms. The largest absolute Gasteiger partial charge is 0.447 e. The summed E-state index contributed by atoms with van der Waals surface area (Å²) < 4.78 is 5.11. The molecule has 0 aliphatic carbocycles. The lowest BCUT2D eigenvalue weighted by Gasteiger charge is -2.31. The number of rotatable bonds is 2. The molecule has 4 nitrogen and oxygen atoms in total. The summed E-state index contributed by atoms with van der Waals surface area (Å²) in [7, 11) is 0. The van der Waals surface area contributed by atoms with E-state index in [-0.39, 0.29) is 12.2 Å². The molecule has 0 radical (unpaired) electrons. The molecule has 0 aromatic rings. The van der Waals surface area contributed by atoms with Crippen LogP contribution >= 0.6 is 0 Å². The van der Waals surface area contributed by atoms with E-state index in [1.54, 1.807) is 4.90 Å². The molecule has 1 rings (SSSR count). The average molecular weight is 200 g/mol. The fourth-order valence-electron chi connectivity index (χ4n) is 1.63. The van der Waals surface area contributed by atoms with Crippen molar-refractivity contribution >= 4 is 6.09 Å². The number of piperidine rings is 1. The molecule has 1 saturated heterocycles. The normalized spacial score (nSPS) is 18.7. The first-order chi connectivity index (χ1) is 6.63. The van der Waals surface area contributed by atoms with Gasteiger partial charge in [-0.05, 0) is 39.2 Å². The van der Waals surface area contributed by atoms with Crippen LogP contribution < -0.4 is 5.73 Å². The van der Waals surface area contributed by atoms with Gasteiger partial charge in [-0.1, -0.05) is 0 Å². The molecule has 2 N–H and O–H groups in total. The van der Waals surface area contributed by atoms with Crippen LogP contribution in [0.1, 0.15) is 26.7 Å². The van der Waals surface area contributed by atoms with E-state index in [0.29, 0.717) is 5.92 Å². The lowest BCUT2D eigenvalue weighted by atomic mass is 9.97. The fourth-order valence-corrected chi connectivity index (χ4v) is 1.63. The van der Waals surface area contributed by atoms with Gasteiger partial charge in [0.05, 0.1) is 6.10 Å². The van der Waals surface area contributed by atoms with Crippen molar-refractivity contribution in [1.29, 1.82) is 0 Å². The van der Waals surface area contributed by atoms with Crippen LogP contribution in [-0.4, -0.2) is 36.7 Å². The van der Waals surface area contributed by atoms with Crippen molar-refractivity contribution in [2.24, 2.45) is 11.7 Å². The second-order valence-electron chi connectivity index (χ2n) is 4.10. The highest BCUT2D eigenvalue weighted by Gasteiger charge is 2.23. The van der Waals surface area contributed by atoms with E-state index in [0.717, 1.165) is 32.5 Å². The van der Waals surface area contributed by atoms with Crippen molar-refractivity contribution in [3.05, 3.63) is 0 Å². The number of nitrogens with two attached hydrogens (primary N) is 1. The summed E-state index contributed by atoms with van der Waals surface area (Å²) in [5, 5.41) is 0. The highest BCUT2D eigenvalue weighted by molar-refractivity contribution is 5.67. The molecule has 0 saturated carbocycles. The van der Waals surface area contributed by atoms with Crippen LogP contribution in [0.25, 0.3) is 0 Å². The van der Waals surface area contributed by atoms with Gasteiger partial charge in [0.1, 0.15) is 0 Å². The van der Waals surface area contributed by atoms with Crippen LogP contribution in [0.15, 0.2) is 0 Å². The number of ether oxygens (including phenoxy) is 1. The Labute approximate surface area is 85.4 Å². The van der Waals surface area contributed by atoms with E-state index in [9.17, 15) is 4.79 Å². The molecule has 4 heteroatoms. The van der Waals surface area contributed by atoms with E-state index >= 15 is 0 Å². The van der Waals surface area contributed by atoms with Gasteiger partial charge in [0.2, 0.25) is 0 Å². The van der Waals surface area contributed by atoms with Gasteiger partial charge in [-0.2, -0.15) is 0 Å². The molecule has 1 fully saturated rings. The summed E-state index contributed by atoms with van der Waals surface area (Å²) in [6, 6.07) is 0. The minimum atomic E-state index is -0.185. The molecule has 0 atom stereocenters. The number of carbonyl (C=O) groups excluding carboxylic acids is 1. The van der Waals surface area contributed by atoms with E-state index in [2.05, 4.69) is 0 Å². The van der Waals surface area contributed by atoms with Crippen molar-refractivity contribution in [2.45, 2.75) is 32.8 Å². The maximum absolute atomic E-state index is 11.5. The zero-order valence-corrected chi connectivity index (χ0v) is 9.03. The Morgan fingerprint density at radius 2 is 2.07 bits per heavy atom. The van der Waals surface area contributed by atoms with E-state index in [1.165, 1.54) is 0 Å². The van der Waals surface area contributed by atoms with Crippen molar-refractivity contribution in [3.8, 4) is 0 Å². The number of likely N-dealkylation sites (tertiary alicyclic amines) is 1. The van der Waals surface area contributed by atoms with Gasteiger partial charge in [0.15, 0.2) is 0 Å². The fraction of sp³-hybridized carbons (Fsp3) is 0.900. The number of carbonyl (C=O) groups is 1. The first kappa shape index (κ1) is 11.3. The first-order valence-electron chi connectivity index (χ1n) is 5.29. The molecule has 1 amide bonds. The average Bonchev–Trinajstić information content (AvgIpc) is 2.17. The zero-order valence-electron chi connectivity index (χ0n) is 9.03. The maximum Gasteiger partial charge on any atom is 0.410 e. The Balaban J connectivity index is 2.30. The van der Waals surface area contributed by atoms with Crippen LogP contribution in [0.3, 0.4) is 0 Å². The third-order valence-corrected chi connectivity index (χ3v) is 2.54. The summed E-state index contributed by atoms with van der Waals surface area (Å²) in [4.78, 5) is 13.2. The van der Waals surface area contributed by atoms with Gasteiger partial charge in [0, 0.05) is 13.1 Å². The van der Waals surface area contributed by atoms with Gasteiger partial charge < -0.3 is 15.4 Å². The molecule has 0 bridgehead atoms. The second kappa shape index (κ2) is 5.20. The minimum Gasteiger partial charge on any atom is -0.447 e. The van der Waals surface area contributed by atoms with E-state index in [1.807, 2.05) is 13.8 Å². The quantitative estimate of drug-likeness (QED) is 0.728. The first-order valence-corrected chi connectivity index (χ1v) is 5.29. The van der Waals surface area contributed by atoms with Crippen molar-refractivity contribution in [1.82, 2.24) is 4.90 Å². The lowest BCUT2D eigenvalue weighted by molar-refractivity contribution is 0.0659. The van der Waals surface area contributed by atoms with Crippen LogP contribution in [0.4, 0.5) is 4.79 Å². The Morgan fingerprint density at radius 1 is 1.50 bits per heavy atom. The minimum absolute atomic E-state index is 0.0327. The van der Waals surface area contributed by atoms with Gasteiger partial charge in [-0.25, -0.2) is 4.79 Å². The van der Waals surface area contributed by atoms with Crippen LogP contribution in [-0.2, 0) is 4.74 Å². The molecule has 1 aliphatic rings. The third-order valence-electron chi connectivity index (χ3n) is 2.54. The molecular formula is C10H20N2O2. The van der Waals surface area contributed by atoms with Gasteiger partial charge >= 0.3 is 6.09 Å². The number of nitrogens with zero attached hydrogens (tertiary/aromatic N) is 1. The second-order valence-corrected chi connectivity index (χ2v) is 4.10. The standard InChI is InChI=1S/C10H20N2O2/c1-8(2)14-10(13)12-5-3-9(7-11)4-6-12/h8-9H,3-7,11H2,1-2H3. The number of amides is 1. The lowest BCUT2D eigenvalue weighted by Crippen LogP contribution is -2.41. The van der Waals surface area contributed by atoms with Gasteiger partial charge in [-0.3, -0.25) is 0 Å². The summed E-state index contributed by atoms with van der Waals surface area (Å²) in [6.07, 6.45) is 1.79. The molecular weight excluding hydrogens is 180 g/mol. The Hall–Kier alpha value is -0.770. The molecule has 1 heterocycles. The van der Waals surface area contributed by atoms with Gasteiger partial charge in [-0.15, -0.1) is 0 Å². The van der Waals surface area contributed by atoms with Gasteiger partial charge in [0.25, 0.3) is 0 Å². The monoisotopic (exact) mass is 200 g/mol. The predicted molar refractivity (Wildman–Crippen MR) is 55.0 cm³/mol. The predicted octanol–water partition coefficient (Wildman–Crippen LogP) is 1.20. The summed E-state index contributed by atoms with van der Waals surface area (Å²) in [6.45, 7) is 6.03. The third kappa shape index (κ3) is 3.18. The van der Waals surface area contributed by atoms with Crippen LogP contribution in [0, 0.1) is 5.92 Å². The molecule has 0 aromatic heterocycles. The van der Waals surface area contributed by atoms with E-state index < -0.39 is 0 Å². The van der Waals surface area contributed by atoms with Crippen molar-refractivity contribution in [3.63, 3.8) is 0 Å². The van der Waals surface area contributed by atoms with E-state index in [4.69, 9.17) is 10.5 Å². The highest BCUT2D eigenvalue weighted by atomic mass is 16.6. The smallest absolute Gasteiger partial charge is 0.410 e. The Bertz CT molecular complexity index is 187. The molecule has 0 unspecified atom stereocenters. The van der Waals surface area contributed by atoms with Crippen LogP contribution in [0.2, 0.25) is 0 Å². The number of hydrogen-bond donors (Lipinski definition) is 1. The summed E-state index contributed by atoms with van der Waals surface area (Å²) in [5.41, 5.74) is 5.57. The highest BCUT2D eigenvalue weighted by Crippen LogP contribution is 2.16. The van der Waals surface area contributed by atoms with Crippen molar-refractivity contribution in [2.75, 3.05) is 19.6 Å². The Kier molecular flexibility index (Phi) is 4.20. The maximum atomic E-state index is 11.5. The summed E-state index contributed by atoms with van der Waals surface area (Å²) >= 11 is 0. The molecule has 1 aliphatic heterocycles. The SMILES string of the molecule is CC(C)OC(=O)N1CCC(CN)CC1.